The Hall–Kier alpha value is -1.79. The third-order valence-corrected chi connectivity index (χ3v) is 5.74. The summed E-state index contributed by atoms with van der Waals surface area (Å²) in [6, 6.07) is 13.2. The summed E-state index contributed by atoms with van der Waals surface area (Å²) in [7, 11) is -1.52. The van der Waals surface area contributed by atoms with Crippen LogP contribution in [0.25, 0.3) is 0 Å². The maximum absolute atomic E-state index is 13.0. The second-order valence-corrected chi connectivity index (χ2v) is 7.61. The van der Waals surface area contributed by atoms with E-state index in [1.54, 1.807) is 6.07 Å². The molecule has 2 aromatic carbocycles. The quantitative estimate of drug-likeness (QED) is 0.399. The molecule has 0 N–H and O–H groups in total. The molecule has 0 spiro atoms. The van der Waals surface area contributed by atoms with Crippen molar-refractivity contribution < 1.29 is 9.36 Å². The van der Waals surface area contributed by atoms with E-state index >= 15 is 0 Å². The van der Waals surface area contributed by atoms with E-state index in [0.29, 0.717) is 17.0 Å². The van der Waals surface area contributed by atoms with Gasteiger partial charge in [-0.15, -0.1) is 0 Å². The van der Waals surface area contributed by atoms with E-state index in [4.69, 9.17) is 0 Å². The molecule has 2 rings (SSSR count). The molecular formula is C20H24O2P. The smallest absolute Gasteiger partial charge is 0.194 e. The first-order valence-corrected chi connectivity index (χ1v) is 9.65. The molecule has 0 aliphatic heterocycles. The molecule has 23 heavy (non-hydrogen) atoms. The number of benzene rings is 2. The van der Waals surface area contributed by atoms with E-state index in [9.17, 15) is 9.36 Å². The van der Waals surface area contributed by atoms with Crippen molar-refractivity contribution in [3.8, 4) is 0 Å². The Morgan fingerprint density at radius 2 is 1.61 bits per heavy atom. The van der Waals surface area contributed by atoms with Gasteiger partial charge in [0.1, 0.15) is 7.80 Å². The number of hydrogen-bond donors (Lipinski definition) is 0. The van der Waals surface area contributed by atoms with Crippen molar-refractivity contribution in [2.24, 2.45) is 0 Å². The molecule has 3 heteroatoms. The van der Waals surface area contributed by atoms with Gasteiger partial charge in [0.25, 0.3) is 0 Å². The van der Waals surface area contributed by atoms with Gasteiger partial charge in [0, 0.05) is 22.6 Å². The van der Waals surface area contributed by atoms with Gasteiger partial charge in [-0.25, -0.2) is 0 Å². The average Bonchev–Trinajstić information content (AvgIpc) is 2.54. The number of hydrogen-bond acceptors (Lipinski definition) is 2. The number of rotatable bonds is 7. The van der Waals surface area contributed by atoms with Gasteiger partial charge in [-0.2, -0.15) is 0 Å². The number of carbonyl (C=O) groups excluding carboxylic acids is 1. The summed E-state index contributed by atoms with van der Waals surface area (Å²) in [6.07, 6.45) is 3.78. The van der Waals surface area contributed by atoms with Crippen molar-refractivity contribution in [2.45, 2.75) is 40.0 Å². The van der Waals surface area contributed by atoms with E-state index in [1.165, 1.54) is 0 Å². The maximum Gasteiger partial charge on any atom is 0.194 e. The minimum Gasteiger partial charge on any atom is -0.289 e. The SMILES string of the molecule is CCCCC[P](=O)c1ccccc1C(=O)c1c(C)cccc1C. The van der Waals surface area contributed by atoms with Crippen LogP contribution < -0.4 is 5.30 Å². The summed E-state index contributed by atoms with van der Waals surface area (Å²) in [5.41, 5.74) is 3.25. The highest BCUT2D eigenvalue weighted by Crippen LogP contribution is 2.26. The van der Waals surface area contributed by atoms with Gasteiger partial charge in [0.05, 0.1) is 0 Å². The van der Waals surface area contributed by atoms with Gasteiger partial charge < -0.3 is 0 Å². The molecule has 1 atom stereocenters. The van der Waals surface area contributed by atoms with Gasteiger partial charge in [0.15, 0.2) is 5.78 Å². The van der Waals surface area contributed by atoms with Crippen LogP contribution in [-0.4, -0.2) is 11.9 Å². The molecular weight excluding hydrogens is 303 g/mol. The molecule has 0 bridgehead atoms. The fraction of sp³-hybridized carbons (Fsp3) is 0.350. The van der Waals surface area contributed by atoms with Gasteiger partial charge in [-0.1, -0.05) is 50.1 Å². The highest BCUT2D eigenvalue weighted by atomic mass is 31.1. The van der Waals surface area contributed by atoms with Crippen LogP contribution in [0.5, 0.6) is 0 Å². The first-order valence-electron chi connectivity index (χ1n) is 8.21. The summed E-state index contributed by atoms with van der Waals surface area (Å²) >= 11 is 0. The molecule has 1 unspecified atom stereocenters. The van der Waals surface area contributed by atoms with Crippen LogP contribution in [0.1, 0.15) is 53.2 Å². The van der Waals surface area contributed by atoms with E-state index in [1.807, 2.05) is 50.2 Å². The van der Waals surface area contributed by atoms with Crippen LogP contribution in [0, 0.1) is 13.8 Å². The minimum atomic E-state index is -1.52. The van der Waals surface area contributed by atoms with Crippen molar-refractivity contribution in [2.75, 3.05) is 6.16 Å². The predicted octanol–water partition coefficient (Wildman–Crippen LogP) is 5.18. The van der Waals surface area contributed by atoms with Gasteiger partial charge in [-0.05, 0) is 43.5 Å². The molecule has 0 fully saturated rings. The second kappa shape index (κ2) is 8.17. The molecule has 2 aromatic rings. The van der Waals surface area contributed by atoms with Crippen LogP contribution >= 0.6 is 7.80 Å². The van der Waals surface area contributed by atoms with Crippen LogP contribution in [-0.2, 0) is 4.57 Å². The number of aryl methyl sites for hydroxylation is 2. The lowest BCUT2D eigenvalue weighted by atomic mass is 9.95. The van der Waals surface area contributed by atoms with Crippen molar-refractivity contribution in [1.29, 1.82) is 0 Å². The lowest BCUT2D eigenvalue weighted by molar-refractivity contribution is 0.103. The van der Waals surface area contributed by atoms with Crippen molar-refractivity contribution in [3.63, 3.8) is 0 Å². The molecule has 2 nitrogen and oxygen atoms in total. The first kappa shape index (κ1) is 17.6. The Morgan fingerprint density at radius 3 is 2.26 bits per heavy atom. The fourth-order valence-electron chi connectivity index (χ4n) is 2.82. The number of carbonyl (C=O) groups is 1. The van der Waals surface area contributed by atoms with Crippen LogP contribution in [0.4, 0.5) is 0 Å². The Bertz CT molecular complexity index is 699. The van der Waals surface area contributed by atoms with Gasteiger partial charge in [0.2, 0.25) is 0 Å². The summed E-state index contributed by atoms with van der Waals surface area (Å²) in [5, 5.41) is 0.700. The Morgan fingerprint density at radius 1 is 0.957 bits per heavy atom. The normalized spacial score (nSPS) is 11.3. The lowest BCUT2D eigenvalue weighted by Gasteiger charge is -2.12. The Labute approximate surface area is 139 Å². The zero-order valence-electron chi connectivity index (χ0n) is 14.1. The van der Waals surface area contributed by atoms with Gasteiger partial charge >= 0.3 is 0 Å². The topological polar surface area (TPSA) is 34.1 Å². The number of unbranched alkanes of at least 4 members (excludes halogenated alkanes) is 2. The molecule has 0 aromatic heterocycles. The zero-order valence-corrected chi connectivity index (χ0v) is 15.0. The third-order valence-electron chi connectivity index (χ3n) is 4.09. The van der Waals surface area contributed by atoms with E-state index in [-0.39, 0.29) is 5.78 Å². The second-order valence-electron chi connectivity index (χ2n) is 5.92. The Kier molecular flexibility index (Phi) is 6.24. The van der Waals surface area contributed by atoms with E-state index in [2.05, 4.69) is 6.92 Å². The third kappa shape index (κ3) is 4.14. The zero-order chi connectivity index (χ0) is 16.8. The highest BCUT2D eigenvalue weighted by molar-refractivity contribution is 7.53. The van der Waals surface area contributed by atoms with Crippen LogP contribution in [0.3, 0.4) is 0 Å². The fourth-order valence-corrected chi connectivity index (χ4v) is 4.27. The standard InChI is InChI=1S/C20H24O2P/c1-4-5-8-14-23(22)18-13-7-6-12-17(18)20(21)19-15(2)10-9-11-16(19)3/h6-7,9-13H,4-5,8,14H2,1-3H3. The van der Waals surface area contributed by atoms with E-state index in [0.717, 1.165) is 36.0 Å². The summed E-state index contributed by atoms with van der Waals surface area (Å²) in [6.45, 7) is 6.03. The predicted molar refractivity (Wildman–Crippen MR) is 97.4 cm³/mol. The highest BCUT2D eigenvalue weighted by Gasteiger charge is 2.20. The van der Waals surface area contributed by atoms with Crippen molar-refractivity contribution >= 4 is 18.9 Å². The average molecular weight is 327 g/mol. The largest absolute Gasteiger partial charge is 0.289 e. The first-order chi connectivity index (χ1) is 11.1. The van der Waals surface area contributed by atoms with Crippen molar-refractivity contribution in [1.82, 2.24) is 0 Å². The molecule has 0 amide bonds. The van der Waals surface area contributed by atoms with Gasteiger partial charge in [-0.3, -0.25) is 9.36 Å². The summed E-state index contributed by atoms with van der Waals surface area (Å²) in [4.78, 5) is 13.0. The molecule has 0 saturated carbocycles. The molecule has 121 valence electrons. The van der Waals surface area contributed by atoms with E-state index < -0.39 is 7.80 Å². The van der Waals surface area contributed by atoms with Crippen molar-refractivity contribution in [3.05, 3.63) is 64.7 Å². The van der Waals surface area contributed by atoms with Crippen LogP contribution in [0.2, 0.25) is 0 Å². The minimum absolute atomic E-state index is 0.0185. The molecule has 0 saturated heterocycles. The lowest BCUT2D eigenvalue weighted by Crippen LogP contribution is -2.16. The van der Waals surface area contributed by atoms with Crippen LogP contribution in [0.15, 0.2) is 42.5 Å². The monoisotopic (exact) mass is 327 g/mol. The number of ketones is 1. The molecule has 0 heterocycles. The summed E-state index contributed by atoms with van der Waals surface area (Å²) < 4.78 is 12.6. The molecule has 1 radical (unpaired) electrons. The molecule has 0 aliphatic rings. The molecule has 0 aliphatic carbocycles. The maximum atomic E-state index is 13.0. The Balaban J connectivity index is 2.37. The summed E-state index contributed by atoms with van der Waals surface area (Å²) in [5.74, 6) is -0.0185.